The minimum atomic E-state index is -0.431. The first kappa shape index (κ1) is 16.2. The second-order valence-electron chi connectivity index (χ2n) is 6.19. The molecule has 7 nitrogen and oxygen atoms in total. The van der Waals surface area contributed by atoms with Crippen LogP contribution < -0.4 is 0 Å². The molecule has 0 saturated heterocycles. The van der Waals surface area contributed by atoms with Crippen molar-refractivity contribution in [2.75, 3.05) is 0 Å². The van der Waals surface area contributed by atoms with Gasteiger partial charge in [-0.1, -0.05) is 6.07 Å². The molecule has 0 fully saturated rings. The monoisotopic (exact) mass is 329 g/mol. The van der Waals surface area contributed by atoms with Gasteiger partial charge in [-0.15, -0.1) is 0 Å². The summed E-state index contributed by atoms with van der Waals surface area (Å²) in [4.78, 5) is 27.1. The zero-order valence-electron chi connectivity index (χ0n) is 13.6. The van der Waals surface area contributed by atoms with Crippen LogP contribution in [0.25, 0.3) is 0 Å². The van der Waals surface area contributed by atoms with Gasteiger partial charge in [0.25, 0.3) is 5.69 Å². The van der Waals surface area contributed by atoms with Crippen LogP contribution in [0.2, 0.25) is 0 Å². The summed E-state index contributed by atoms with van der Waals surface area (Å²) in [5.74, 6) is -0.431. The van der Waals surface area contributed by atoms with Crippen molar-refractivity contribution < 1.29 is 14.5 Å². The Labute approximate surface area is 139 Å². The van der Waals surface area contributed by atoms with Crippen molar-refractivity contribution in [3.8, 4) is 0 Å². The number of aryl methyl sites for hydroxylation is 1. The highest BCUT2D eigenvalue weighted by Crippen LogP contribution is 2.35. The van der Waals surface area contributed by atoms with Crippen LogP contribution in [0.15, 0.2) is 30.7 Å². The van der Waals surface area contributed by atoms with Crippen molar-refractivity contribution in [3.63, 3.8) is 0 Å². The summed E-state index contributed by atoms with van der Waals surface area (Å²) in [6.07, 6.45) is 5.48. The molecule has 0 spiro atoms. The van der Waals surface area contributed by atoms with Crippen LogP contribution in [0.5, 0.6) is 0 Å². The number of carbonyl (C=O) groups excluding carboxylic acids is 1. The average Bonchev–Trinajstić information content (AvgIpc) is 3.02. The molecule has 126 valence electrons. The SMILES string of the molecule is CC(C)OC(=O)c1cncn1C1CCCc2ccc([N+](=O)[O-])cc21. The van der Waals surface area contributed by atoms with E-state index in [1.165, 1.54) is 12.3 Å². The minimum absolute atomic E-state index is 0.0621. The third kappa shape index (κ3) is 3.02. The van der Waals surface area contributed by atoms with Gasteiger partial charge in [0.05, 0.1) is 29.6 Å². The molecule has 0 saturated carbocycles. The predicted octanol–water partition coefficient (Wildman–Crippen LogP) is 3.28. The summed E-state index contributed by atoms with van der Waals surface area (Å²) in [5, 5.41) is 11.1. The number of ether oxygens (including phenoxy) is 1. The highest BCUT2D eigenvalue weighted by atomic mass is 16.6. The van der Waals surface area contributed by atoms with Crippen molar-refractivity contribution in [3.05, 3.63) is 57.7 Å². The number of non-ortho nitro benzene ring substituents is 1. The van der Waals surface area contributed by atoms with E-state index < -0.39 is 10.9 Å². The van der Waals surface area contributed by atoms with Crippen LogP contribution in [-0.2, 0) is 11.2 Å². The molecule has 1 aliphatic carbocycles. The number of imidazole rings is 1. The lowest BCUT2D eigenvalue weighted by atomic mass is 9.87. The van der Waals surface area contributed by atoms with Gasteiger partial charge in [-0.3, -0.25) is 10.1 Å². The molecule has 1 heterocycles. The summed E-state index contributed by atoms with van der Waals surface area (Å²) in [7, 11) is 0. The minimum Gasteiger partial charge on any atom is -0.458 e. The van der Waals surface area contributed by atoms with Crippen LogP contribution in [0, 0.1) is 10.1 Å². The second-order valence-corrected chi connectivity index (χ2v) is 6.19. The topological polar surface area (TPSA) is 87.3 Å². The number of nitro benzene ring substituents is 1. The Morgan fingerprint density at radius 3 is 2.96 bits per heavy atom. The highest BCUT2D eigenvalue weighted by Gasteiger charge is 2.27. The normalized spacial score (nSPS) is 16.7. The first-order valence-electron chi connectivity index (χ1n) is 7.97. The maximum Gasteiger partial charge on any atom is 0.356 e. The number of aromatic nitrogens is 2. The molecular weight excluding hydrogens is 310 g/mol. The quantitative estimate of drug-likeness (QED) is 0.488. The van der Waals surface area contributed by atoms with Gasteiger partial charge < -0.3 is 9.30 Å². The molecule has 0 radical (unpaired) electrons. The van der Waals surface area contributed by atoms with E-state index in [0.717, 1.165) is 30.4 Å². The maximum atomic E-state index is 12.3. The van der Waals surface area contributed by atoms with Crippen LogP contribution in [0.3, 0.4) is 0 Å². The molecule has 1 aromatic carbocycles. The second kappa shape index (κ2) is 6.43. The summed E-state index contributed by atoms with van der Waals surface area (Å²) in [5.41, 5.74) is 2.39. The molecule has 0 N–H and O–H groups in total. The van der Waals surface area contributed by atoms with Crippen LogP contribution in [-0.4, -0.2) is 26.5 Å². The average molecular weight is 329 g/mol. The Bertz CT molecular complexity index is 782. The predicted molar refractivity (Wildman–Crippen MR) is 87.0 cm³/mol. The van der Waals surface area contributed by atoms with E-state index in [1.807, 2.05) is 6.07 Å². The number of hydrogen-bond acceptors (Lipinski definition) is 5. The molecular formula is C17H19N3O4. The van der Waals surface area contributed by atoms with E-state index >= 15 is 0 Å². The lowest BCUT2D eigenvalue weighted by Crippen LogP contribution is -2.22. The molecule has 3 rings (SSSR count). The molecule has 1 aromatic heterocycles. The van der Waals surface area contributed by atoms with Crippen molar-refractivity contribution >= 4 is 11.7 Å². The Morgan fingerprint density at radius 1 is 1.46 bits per heavy atom. The fourth-order valence-electron chi connectivity index (χ4n) is 3.15. The fourth-order valence-corrected chi connectivity index (χ4v) is 3.15. The lowest BCUT2D eigenvalue weighted by molar-refractivity contribution is -0.385. The van der Waals surface area contributed by atoms with Gasteiger partial charge in [-0.05, 0) is 44.2 Å². The third-order valence-electron chi connectivity index (χ3n) is 4.18. The number of nitrogens with zero attached hydrogens (tertiary/aromatic N) is 3. The van der Waals surface area contributed by atoms with E-state index in [-0.39, 0.29) is 17.8 Å². The number of benzene rings is 1. The molecule has 0 amide bonds. The molecule has 1 atom stereocenters. The smallest absolute Gasteiger partial charge is 0.356 e. The number of rotatable bonds is 4. The zero-order valence-corrected chi connectivity index (χ0v) is 13.6. The van der Waals surface area contributed by atoms with E-state index in [0.29, 0.717) is 5.69 Å². The Morgan fingerprint density at radius 2 is 2.25 bits per heavy atom. The molecule has 24 heavy (non-hydrogen) atoms. The third-order valence-corrected chi connectivity index (χ3v) is 4.18. The lowest BCUT2D eigenvalue weighted by Gasteiger charge is -2.27. The summed E-state index contributed by atoms with van der Waals surface area (Å²) in [6, 6.07) is 4.80. The summed E-state index contributed by atoms with van der Waals surface area (Å²) in [6.45, 7) is 3.58. The summed E-state index contributed by atoms with van der Waals surface area (Å²) < 4.78 is 7.04. The molecule has 1 aliphatic rings. The number of fused-ring (bicyclic) bond motifs is 1. The molecule has 1 unspecified atom stereocenters. The molecule has 0 aliphatic heterocycles. The molecule has 2 aromatic rings. The van der Waals surface area contributed by atoms with Crippen molar-refractivity contribution in [2.24, 2.45) is 0 Å². The summed E-state index contributed by atoms with van der Waals surface area (Å²) >= 11 is 0. The van der Waals surface area contributed by atoms with Gasteiger partial charge in [0.15, 0.2) is 0 Å². The van der Waals surface area contributed by atoms with Crippen LogP contribution in [0.1, 0.15) is 54.3 Å². The number of carbonyl (C=O) groups is 1. The van der Waals surface area contributed by atoms with Crippen molar-refractivity contribution in [1.82, 2.24) is 9.55 Å². The van der Waals surface area contributed by atoms with E-state index in [1.54, 1.807) is 30.8 Å². The van der Waals surface area contributed by atoms with E-state index in [4.69, 9.17) is 4.74 Å². The number of hydrogen-bond donors (Lipinski definition) is 0. The van der Waals surface area contributed by atoms with Crippen molar-refractivity contribution in [2.45, 2.75) is 45.3 Å². The van der Waals surface area contributed by atoms with Gasteiger partial charge in [-0.25, -0.2) is 9.78 Å². The number of nitro groups is 1. The first-order chi connectivity index (χ1) is 11.5. The molecule has 0 bridgehead atoms. The van der Waals surface area contributed by atoms with Gasteiger partial charge in [0.1, 0.15) is 5.69 Å². The van der Waals surface area contributed by atoms with Gasteiger partial charge in [0.2, 0.25) is 0 Å². The Hall–Kier alpha value is -2.70. The van der Waals surface area contributed by atoms with Gasteiger partial charge in [0, 0.05) is 12.1 Å². The van der Waals surface area contributed by atoms with E-state index in [2.05, 4.69) is 4.98 Å². The standard InChI is InChI=1S/C17H19N3O4/c1-11(2)24-17(21)16-9-18-10-19(16)15-5-3-4-12-6-7-13(20(22)23)8-14(12)15/h6-11,15H,3-5H2,1-2H3. The maximum absolute atomic E-state index is 12.3. The fraction of sp³-hybridized carbons (Fsp3) is 0.412. The largest absolute Gasteiger partial charge is 0.458 e. The van der Waals surface area contributed by atoms with Crippen molar-refractivity contribution in [1.29, 1.82) is 0 Å². The highest BCUT2D eigenvalue weighted by molar-refractivity contribution is 5.87. The van der Waals surface area contributed by atoms with Crippen LogP contribution >= 0.6 is 0 Å². The van der Waals surface area contributed by atoms with E-state index in [9.17, 15) is 14.9 Å². The zero-order chi connectivity index (χ0) is 17.3. The molecule has 7 heteroatoms. The number of esters is 1. The van der Waals surface area contributed by atoms with Gasteiger partial charge >= 0.3 is 5.97 Å². The van der Waals surface area contributed by atoms with Crippen LogP contribution in [0.4, 0.5) is 5.69 Å². The Kier molecular flexibility index (Phi) is 4.33. The Balaban J connectivity index is 2.01. The first-order valence-corrected chi connectivity index (χ1v) is 7.97. The van der Waals surface area contributed by atoms with Gasteiger partial charge in [-0.2, -0.15) is 0 Å².